The first-order valence-corrected chi connectivity index (χ1v) is 5.73. The maximum Gasteiger partial charge on any atom is 0.251 e. The minimum atomic E-state index is -1.03. The molecule has 0 spiro atoms. The van der Waals surface area contributed by atoms with Crippen LogP contribution >= 0.6 is 11.6 Å². The summed E-state index contributed by atoms with van der Waals surface area (Å²) in [4.78, 5) is 11.7. The van der Waals surface area contributed by atoms with Gasteiger partial charge in [-0.1, -0.05) is 0 Å². The molecule has 0 heterocycles. The maximum absolute atomic E-state index is 12.9. The molecule has 94 valence electrons. The van der Waals surface area contributed by atoms with Gasteiger partial charge < -0.3 is 5.32 Å². The summed E-state index contributed by atoms with van der Waals surface area (Å²) in [5.41, 5.74) is 0.0953. The predicted molar refractivity (Wildman–Crippen MR) is 63.2 cm³/mol. The van der Waals surface area contributed by atoms with E-state index in [9.17, 15) is 13.6 Å². The lowest BCUT2D eigenvalue weighted by Crippen LogP contribution is -2.34. The molecule has 1 aromatic carbocycles. The minimum absolute atomic E-state index is 0.0600. The van der Waals surface area contributed by atoms with Crippen LogP contribution in [0, 0.1) is 11.6 Å². The second kappa shape index (κ2) is 5.96. The second-order valence-electron chi connectivity index (χ2n) is 4.02. The molecule has 0 radical (unpaired) electrons. The van der Waals surface area contributed by atoms with E-state index in [0.29, 0.717) is 6.42 Å². The Hall–Kier alpha value is -1.16. The van der Waals surface area contributed by atoms with Crippen molar-refractivity contribution >= 4 is 17.5 Å². The summed E-state index contributed by atoms with van der Waals surface area (Å²) in [5.74, 6) is -2.44. The molecular weight excluding hydrogens is 248 g/mol. The van der Waals surface area contributed by atoms with E-state index in [1.165, 1.54) is 6.07 Å². The summed E-state index contributed by atoms with van der Waals surface area (Å²) in [5, 5.41) is 2.60. The van der Waals surface area contributed by atoms with E-state index in [1.807, 2.05) is 6.92 Å². The topological polar surface area (TPSA) is 29.1 Å². The van der Waals surface area contributed by atoms with E-state index >= 15 is 0 Å². The minimum Gasteiger partial charge on any atom is -0.350 e. The third-order valence-electron chi connectivity index (χ3n) is 2.24. The Morgan fingerprint density at radius 1 is 1.35 bits per heavy atom. The summed E-state index contributed by atoms with van der Waals surface area (Å²) >= 11 is 5.79. The molecule has 0 saturated heterocycles. The highest BCUT2D eigenvalue weighted by molar-refractivity contribution is 6.20. The maximum atomic E-state index is 12.9. The first kappa shape index (κ1) is 13.9. The van der Waals surface area contributed by atoms with Crippen LogP contribution in [0.3, 0.4) is 0 Å². The molecule has 17 heavy (non-hydrogen) atoms. The molecule has 0 aromatic heterocycles. The Morgan fingerprint density at radius 2 is 2.00 bits per heavy atom. The number of carbonyl (C=O) groups is 1. The van der Waals surface area contributed by atoms with Gasteiger partial charge in [0.15, 0.2) is 11.6 Å². The van der Waals surface area contributed by atoms with Crippen molar-refractivity contribution in [3.8, 4) is 0 Å². The number of benzene rings is 1. The second-order valence-corrected chi connectivity index (χ2v) is 4.76. The van der Waals surface area contributed by atoms with Crippen LogP contribution in [-0.4, -0.2) is 17.3 Å². The summed E-state index contributed by atoms with van der Waals surface area (Å²) < 4.78 is 25.6. The molecule has 0 saturated carbocycles. The first-order valence-electron chi connectivity index (χ1n) is 5.30. The van der Waals surface area contributed by atoms with Gasteiger partial charge in [0.1, 0.15) is 0 Å². The van der Waals surface area contributed by atoms with E-state index in [4.69, 9.17) is 11.6 Å². The molecule has 0 aliphatic heterocycles. The van der Waals surface area contributed by atoms with Crippen LogP contribution in [0.1, 0.15) is 30.6 Å². The highest BCUT2D eigenvalue weighted by Crippen LogP contribution is 2.10. The molecule has 1 amide bonds. The molecule has 1 aromatic rings. The molecule has 5 heteroatoms. The fraction of sp³-hybridized carbons (Fsp3) is 0.417. The Morgan fingerprint density at radius 3 is 2.53 bits per heavy atom. The number of amides is 1. The van der Waals surface area contributed by atoms with E-state index in [1.54, 1.807) is 6.92 Å². The molecule has 0 bridgehead atoms. The Balaban J connectivity index is 2.66. The van der Waals surface area contributed by atoms with Gasteiger partial charge in [0.2, 0.25) is 0 Å². The fourth-order valence-electron chi connectivity index (χ4n) is 1.49. The lowest BCUT2D eigenvalue weighted by atomic mass is 10.1. The van der Waals surface area contributed by atoms with Gasteiger partial charge in [-0.2, -0.15) is 0 Å². The zero-order valence-corrected chi connectivity index (χ0v) is 10.4. The number of hydrogen-bond acceptors (Lipinski definition) is 1. The van der Waals surface area contributed by atoms with Crippen LogP contribution in [0.4, 0.5) is 8.78 Å². The largest absolute Gasteiger partial charge is 0.350 e. The normalized spacial score (nSPS) is 14.2. The average Bonchev–Trinajstić information content (AvgIpc) is 2.20. The summed E-state index contributed by atoms with van der Waals surface area (Å²) in [6.45, 7) is 3.62. The molecule has 2 unspecified atom stereocenters. The fourth-order valence-corrected chi connectivity index (χ4v) is 1.76. The number of nitrogens with one attached hydrogen (secondary N) is 1. The molecular formula is C12H14ClF2NO. The van der Waals surface area contributed by atoms with E-state index in [-0.39, 0.29) is 17.0 Å². The van der Waals surface area contributed by atoms with Crippen LogP contribution in [0.5, 0.6) is 0 Å². The van der Waals surface area contributed by atoms with E-state index in [0.717, 1.165) is 12.1 Å². The molecule has 1 N–H and O–H groups in total. The first-order chi connectivity index (χ1) is 7.90. The van der Waals surface area contributed by atoms with Crippen molar-refractivity contribution < 1.29 is 13.6 Å². The highest BCUT2D eigenvalue weighted by Gasteiger charge is 2.13. The number of alkyl halides is 1. The van der Waals surface area contributed by atoms with Crippen LogP contribution in [-0.2, 0) is 0 Å². The monoisotopic (exact) mass is 261 g/mol. The Kier molecular flexibility index (Phi) is 4.87. The van der Waals surface area contributed by atoms with Crippen molar-refractivity contribution in [1.29, 1.82) is 0 Å². The van der Waals surface area contributed by atoms with Crippen molar-refractivity contribution in [3.63, 3.8) is 0 Å². The van der Waals surface area contributed by atoms with Crippen molar-refractivity contribution in [3.05, 3.63) is 35.4 Å². The molecule has 0 aliphatic carbocycles. The molecule has 2 atom stereocenters. The zero-order chi connectivity index (χ0) is 13.0. The summed E-state index contributed by atoms with van der Waals surface area (Å²) in [7, 11) is 0. The molecule has 1 rings (SSSR count). The SMILES string of the molecule is CC(Cl)CC(C)NC(=O)c1ccc(F)c(F)c1. The lowest BCUT2D eigenvalue weighted by molar-refractivity contribution is 0.0938. The van der Waals surface area contributed by atoms with E-state index in [2.05, 4.69) is 5.32 Å². The highest BCUT2D eigenvalue weighted by atomic mass is 35.5. The molecule has 0 aliphatic rings. The lowest BCUT2D eigenvalue weighted by Gasteiger charge is -2.15. The van der Waals surface area contributed by atoms with Crippen molar-refractivity contribution in [2.24, 2.45) is 0 Å². The average molecular weight is 262 g/mol. The van der Waals surface area contributed by atoms with Crippen molar-refractivity contribution in [2.45, 2.75) is 31.7 Å². The van der Waals surface area contributed by atoms with Gasteiger partial charge >= 0.3 is 0 Å². The van der Waals surface area contributed by atoms with Gasteiger partial charge in [-0.05, 0) is 38.5 Å². The van der Waals surface area contributed by atoms with Crippen LogP contribution in [0.25, 0.3) is 0 Å². The predicted octanol–water partition coefficient (Wildman–Crippen LogP) is 3.10. The van der Waals surface area contributed by atoms with Gasteiger partial charge in [-0.15, -0.1) is 11.6 Å². The van der Waals surface area contributed by atoms with Gasteiger partial charge in [0.25, 0.3) is 5.91 Å². The quantitative estimate of drug-likeness (QED) is 0.829. The Labute approximate surface area is 104 Å². The zero-order valence-electron chi connectivity index (χ0n) is 9.64. The number of halogens is 3. The van der Waals surface area contributed by atoms with E-state index < -0.39 is 17.5 Å². The number of carbonyl (C=O) groups excluding carboxylic acids is 1. The number of hydrogen-bond donors (Lipinski definition) is 1. The Bertz CT molecular complexity index is 409. The van der Waals surface area contributed by atoms with Crippen molar-refractivity contribution in [1.82, 2.24) is 5.32 Å². The van der Waals surface area contributed by atoms with Crippen molar-refractivity contribution in [2.75, 3.05) is 0 Å². The van der Waals surface area contributed by atoms with Gasteiger partial charge in [0, 0.05) is 17.0 Å². The third kappa shape index (κ3) is 4.30. The third-order valence-corrected chi connectivity index (χ3v) is 2.42. The van der Waals surface area contributed by atoms with Gasteiger partial charge in [0.05, 0.1) is 0 Å². The standard InChI is InChI=1S/C12H14ClF2NO/c1-7(13)5-8(2)16-12(17)9-3-4-10(14)11(15)6-9/h3-4,6-8H,5H2,1-2H3,(H,16,17). The molecule has 0 fully saturated rings. The van der Waals surface area contributed by atoms with Gasteiger partial charge in [-0.25, -0.2) is 8.78 Å². The number of rotatable bonds is 4. The summed E-state index contributed by atoms with van der Waals surface area (Å²) in [6, 6.07) is 2.92. The van der Waals surface area contributed by atoms with Crippen LogP contribution in [0.15, 0.2) is 18.2 Å². The smallest absolute Gasteiger partial charge is 0.251 e. The van der Waals surface area contributed by atoms with Crippen LogP contribution < -0.4 is 5.32 Å². The van der Waals surface area contributed by atoms with Gasteiger partial charge in [-0.3, -0.25) is 4.79 Å². The van der Waals surface area contributed by atoms with Crippen LogP contribution in [0.2, 0.25) is 0 Å². The summed E-state index contributed by atoms with van der Waals surface area (Å²) in [6.07, 6.45) is 0.608. The molecule has 2 nitrogen and oxygen atoms in total.